The molecule has 0 saturated carbocycles. The zero-order valence-electron chi connectivity index (χ0n) is 12.8. The zero-order valence-corrected chi connectivity index (χ0v) is 12.8. The largest absolute Gasteiger partial charge is 0.459 e. The van der Waals surface area contributed by atoms with Gasteiger partial charge in [-0.3, -0.25) is 0 Å². The van der Waals surface area contributed by atoms with Crippen molar-refractivity contribution < 1.29 is 10.0 Å². The fourth-order valence-corrected chi connectivity index (χ4v) is 2.25. The van der Waals surface area contributed by atoms with Gasteiger partial charge >= 0.3 is 7.12 Å². The van der Waals surface area contributed by atoms with Gasteiger partial charge in [-0.2, -0.15) is 0 Å². The van der Waals surface area contributed by atoms with Crippen LogP contribution < -0.4 is 0 Å². The number of hydrogen-bond donors (Lipinski definition) is 2. The van der Waals surface area contributed by atoms with Gasteiger partial charge in [0.15, 0.2) is 0 Å². The fourth-order valence-electron chi connectivity index (χ4n) is 2.25. The minimum Gasteiger partial charge on any atom is -0.427 e. The summed E-state index contributed by atoms with van der Waals surface area (Å²) in [6.45, 7) is 5.92. The Morgan fingerprint density at radius 2 is 2.19 bits per heavy atom. The molecule has 0 aliphatic heterocycles. The third-order valence-electron chi connectivity index (χ3n) is 3.36. The Bertz CT molecular complexity index is 468. The first-order chi connectivity index (χ1) is 10.2. The monoisotopic (exact) mass is 284 g/mol. The van der Waals surface area contributed by atoms with Crippen LogP contribution in [0.1, 0.15) is 32.6 Å². The summed E-state index contributed by atoms with van der Waals surface area (Å²) in [6, 6.07) is 0. The topological polar surface area (TPSA) is 40.5 Å². The molecule has 0 radical (unpaired) electrons. The van der Waals surface area contributed by atoms with Gasteiger partial charge in [0, 0.05) is 5.82 Å². The van der Waals surface area contributed by atoms with E-state index < -0.39 is 7.12 Å². The molecule has 0 aromatic carbocycles. The lowest BCUT2D eigenvalue weighted by Crippen LogP contribution is -2.19. The first-order valence-corrected chi connectivity index (χ1v) is 7.51. The van der Waals surface area contributed by atoms with Crippen molar-refractivity contribution in [2.45, 2.75) is 38.4 Å². The Balaban J connectivity index is 2.83. The van der Waals surface area contributed by atoms with Gasteiger partial charge in [0.05, 0.1) is 0 Å². The van der Waals surface area contributed by atoms with E-state index in [0.29, 0.717) is 6.42 Å². The van der Waals surface area contributed by atoms with Crippen molar-refractivity contribution >= 4 is 7.12 Å². The van der Waals surface area contributed by atoms with Crippen molar-refractivity contribution in [1.82, 2.24) is 0 Å². The summed E-state index contributed by atoms with van der Waals surface area (Å²) >= 11 is 0. The second kappa shape index (κ2) is 10.2. The Kier molecular flexibility index (Phi) is 8.48. The maximum atomic E-state index is 9.43. The number of hydrogen-bond acceptors (Lipinski definition) is 2. The van der Waals surface area contributed by atoms with E-state index in [9.17, 15) is 10.0 Å². The van der Waals surface area contributed by atoms with E-state index in [4.69, 9.17) is 0 Å². The lowest BCUT2D eigenvalue weighted by atomic mass is 9.68. The standard InChI is InChI=1S/C18H25BO2/c1-3-5-7-11-16(10-4-2)14-17-12-8-6-9-13-18(15-17)19(20)21/h4-9,11-13,18,20-21H,2-3,10,14-15H2,1H3/b7-5-,8-6-,13-9-,16-11+,17-12-. The lowest BCUT2D eigenvalue weighted by molar-refractivity contribution is 0.393. The van der Waals surface area contributed by atoms with E-state index in [2.05, 4.69) is 37.8 Å². The van der Waals surface area contributed by atoms with Gasteiger partial charge in [-0.15, -0.1) is 6.58 Å². The molecule has 1 aliphatic rings. The van der Waals surface area contributed by atoms with Crippen LogP contribution in [0.2, 0.25) is 5.82 Å². The summed E-state index contributed by atoms with van der Waals surface area (Å²) in [5.41, 5.74) is 2.48. The number of rotatable bonds is 7. The molecule has 2 nitrogen and oxygen atoms in total. The predicted octanol–water partition coefficient (Wildman–Crippen LogP) is 4.13. The van der Waals surface area contributed by atoms with Crippen molar-refractivity contribution in [3.63, 3.8) is 0 Å². The van der Waals surface area contributed by atoms with E-state index in [1.807, 2.05) is 30.4 Å². The van der Waals surface area contributed by atoms with Crippen LogP contribution >= 0.6 is 0 Å². The van der Waals surface area contributed by atoms with E-state index >= 15 is 0 Å². The molecule has 1 atom stereocenters. The summed E-state index contributed by atoms with van der Waals surface area (Å²) in [6.07, 6.45) is 21.3. The predicted molar refractivity (Wildman–Crippen MR) is 91.9 cm³/mol. The van der Waals surface area contributed by atoms with Gasteiger partial charge in [-0.25, -0.2) is 0 Å². The van der Waals surface area contributed by atoms with Crippen LogP contribution in [-0.2, 0) is 0 Å². The molecule has 112 valence electrons. The molecule has 0 amide bonds. The number of allylic oxidation sites excluding steroid dienone is 11. The molecular weight excluding hydrogens is 259 g/mol. The van der Waals surface area contributed by atoms with Crippen molar-refractivity contribution in [1.29, 1.82) is 0 Å². The molecule has 0 fully saturated rings. The highest BCUT2D eigenvalue weighted by atomic mass is 16.4. The molecule has 21 heavy (non-hydrogen) atoms. The maximum Gasteiger partial charge on any atom is 0.459 e. The molecule has 0 spiro atoms. The molecule has 3 heteroatoms. The Morgan fingerprint density at radius 3 is 2.86 bits per heavy atom. The van der Waals surface area contributed by atoms with Crippen LogP contribution in [-0.4, -0.2) is 17.2 Å². The van der Waals surface area contributed by atoms with Gasteiger partial charge < -0.3 is 10.0 Å². The molecule has 0 bridgehead atoms. The van der Waals surface area contributed by atoms with Crippen LogP contribution in [0, 0.1) is 0 Å². The first-order valence-electron chi connectivity index (χ1n) is 7.51. The highest BCUT2D eigenvalue weighted by Crippen LogP contribution is 2.27. The second-order valence-electron chi connectivity index (χ2n) is 5.21. The van der Waals surface area contributed by atoms with Crippen LogP contribution in [0.5, 0.6) is 0 Å². The molecule has 1 rings (SSSR count). The summed E-state index contributed by atoms with van der Waals surface area (Å²) < 4.78 is 0. The van der Waals surface area contributed by atoms with E-state index in [0.717, 1.165) is 19.3 Å². The Morgan fingerprint density at radius 1 is 1.38 bits per heavy atom. The van der Waals surface area contributed by atoms with Crippen molar-refractivity contribution in [3.8, 4) is 0 Å². The van der Waals surface area contributed by atoms with Crippen molar-refractivity contribution in [3.05, 3.63) is 72.4 Å². The van der Waals surface area contributed by atoms with Gasteiger partial charge in [0.25, 0.3) is 0 Å². The Labute approximate surface area is 128 Å². The maximum absolute atomic E-state index is 9.43. The minimum absolute atomic E-state index is 0.252. The fraction of sp³-hybridized carbons (Fsp3) is 0.333. The van der Waals surface area contributed by atoms with Crippen LogP contribution in [0.3, 0.4) is 0 Å². The third kappa shape index (κ3) is 7.12. The first kappa shape index (κ1) is 17.5. The minimum atomic E-state index is -1.32. The van der Waals surface area contributed by atoms with Crippen LogP contribution in [0.15, 0.2) is 72.4 Å². The molecule has 1 aliphatic carbocycles. The van der Waals surface area contributed by atoms with Crippen LogP contribution in [0.25, 0.3) is 0 Å². The van der Waals surface area contributed by atoms with E-state index in [-0.39, 0.29) is 5.82 Å². The van der Waals surface area contributed by atoms with E-state index in [1.54, 1.807) is 0 Å². The summed E-state index contributed by atoms with van der Waals surface area (Å²) in [5, 5.41) is 18.9. The zero-order chi connectivity index (χ0) is 15.5. The van der Waals surface area contributed by atoms with Crippen molar-refractivity contribution in [2.75, 3.05) is 0 Å². The summed E-state index contributed by atoms with van der Waals surface area (Å²) in [7, 11) is -1.32. The normalized spacial score (nSPS) is 24.8. The molecule has 0 aromatic rings. The molecule has 1 unspecified atom stereocenters. The SMILES string of the molecule is C=CC/C(=C\C=C/CC)C/C1=C/C=C\C=C/C(B(O)O)C1. The average molecular weight is 284 g/mol. The average Bonchev–Trinajstić information content (AvgIpc) is 2.41. The molecular formula is C18H25BO2. The van der Waals surface area contributed by atoms with Gasteiger partial charge in [-0.1, -0.05) is 72.8 Å². The molecule has 0 aromatic heterocycles. The Hall–Kier alpha value is -1.58. The van der Waals surface area contributed by atoms with E-state index in [1.165, 1.54) is 11.1 Å². The third-order valence-corrected chi connectivity index (χ3v) is 3.36. The van der Waals surface area contributed by atoms with Gasteiger partial charge in [0.1, 0.15) is 0 Å². The highest BCUT2D eigenvalue weighted by Gasteiger charge is 2.22. The quantitative estimate of drug-likeness (QED) is 0.419. The lowest BCUT2D eigenvalue weighted by Gasteiger charge is -2.16. The summed E-state index contributed by atoms with van der Waals surface area (Å²) in [4.78, 5) is 0. The van der Waals surface area contributed by atoms with Crippen molar-refractivity contribution in [2.24, 2.45) is 0 Å². The molecule has 0 saturated heterocycles. The second-order valence-corrected chi connectivity index (χ2v) is 5.21. The smallest absolute Gasteiger partial charge is 0.427 e. The highest BCUT2D eigenvalue weighted by molar-refractivity contribution is 6.44. The van der Waals surface area contributed by atoms with Crippen LogP contribution in [0.4, 0.5) is 0 Å². The molecule has 2 N–H and O–H groups in total. The van der Waals surface area contributed by atoms with Gasteiger partial charge in [-0.05, 0) is 25.7 Å². The molecule has 0 heterocycles. The summed E-state index contributed by atoms with van der Waals surface area (Å²) in [5.74, 6) is -0.252. The van der Waals surface area contributed by atoms with Gasteiger partial charge in [0.2, 0.25) is 0 Å².